The molecule has 144 valence electrons. The van der Waals surface area contributed by atoms with E-state index in [9.17, 15) is 9.59 Å². The Kier molecular flexibility index (Phi) is 8.64. The van der Waals surface area contributed by atoms with E-state index in [1.54, 1.807) is 7.11 Å². The first kappa shape index (κ1) is 20.1. The SMILES string of the molecule is COCCN1CCC(CN(C[C@@H]2CCCO2)C(=O)CNC(C)=O)CC1. The lowest BCUT2D eigenvalue weighted by Gasteiger charge is -2.35. The number of likely N-dealkylation sites (tertiary alicyclic amines) is 1. The summed E-state index contributed by atoms with van der Waals surface area (Å²) in [5.41, 5.74) is 0. The number of nitrogens with zero attached hydrogens (tertiary/aromatic N) is 2. The zero-order valence-electron chi connectivity index (χ0n) is 15.7. The Bertz CT molecular complexity index is 419. The number of carbonyl (C=O) groups excluding carboxylic acids is 2. The Hall–Kier alpha value is -1.18. The number of ether oxygens (including phenoxy) is 2. The van der Waals surface area contributed by atoms with Crippen molar-refractivity contribution in [2.75, 3.05) is 59.6 Å². The van der Waals surface area contributed by atoms with E-state index >= 15 is 0 Å². The summed E-state index contributed by atoms with van der Waals surface area (Å²) in [7, 11) is 1.73. The highest BCUT2D eigenvalue weighted by Gasteiger charge is 2.27. The summed E-state index contributed by atoms with van der Waals surface area (Å²) >= 11 is 0. The summed E-state index contributed by atoms with van der Waals surface area (Å²) in [6, 6.07) is 0. The van der Waals surface area contributed by atoms with E-state index in [0.717, 1.165) is 65.1 Å². The molecule has 2 aliphatic rings. The Morgan fingerprint density at radius 2 is 2.00 bits per heavy atom. The number of methoxy groups -OCH3 is 1. The van der Waals surface area contributed by atoms with E-state index in [1.165, 1.54) is 6.92 Å². The maximum Gasteiger partial charge on any atom is 0.242 e. The maximum absolute atomic E-state index is 12.5. The summed E-state index contributed by atoms with van der Waals surface area (Å²) in [6.07, 6.45) is 4.41. The lowest BCUT2D eigenvalue weighted by atomic mass is 9.96. The van der Waals surface area contributed by atoms with Gasteiger partial charge in [-0.1, -0.05) is 0 Å². The molecule has 0 aliphatic carbocycles. The molecule has 0 spiro atoms. The number of hydrogen-bond acceptors (Lipinski definition) is 5. The fraction of sp³-hybridized carbons (Fsp3) is 0.889. The van der Waals surface area contributed by atoms with Gasteiger partial charge in [0.25, 0.3) is 0 Å². The minimum atomic E-state index is -0.170. The maximum atomic E-state index is 12.5. The Balaban J connectivity index is 1.82. The van der Waals surface area contributed by atoms with Crippen LogP contribution in [0, 0.1) is 5.92 Å². The molecule has 2 saturated heterocycles. The molecule has 1 atom stereocenters. The highest BCUT2D eigenvalue weighted by molar-refractivity contribution is 5.83. The van der Waals surface area contributed by atoms with Gasteiger partial charge >= 0.3 is 0 Å². The number of piperidine rings is 1. The van der Waals surface area contributed by atoms with E-state index < -0.39 is 0 Å². The zero-order chi connectivity index (χ0) is 18.1. The van der Waals surface area contributed by atoms with Crippen molar-refractivity contribution in [3.05, 3.63) is 0 Å². The summed E-state index contributed by atoms with van der Waals surface area (Å²) in [5.74, 6) is 0.339. The van der Waals surface area contributed by atoms with Gasteiger partial charge in [0.15, 0.2) is 0 Å². The first-order valence-corrected chi connectivity index (χ1v) is 9.43. The summed E-state index contributed by atoms with van der Waals surface area (Å²) in [6.45, 7) is 7.57. The van der Waals surface area contributed by atoms with E-state index in [2.05, 4.69) is 10.2 Å². The van der Waals surface area contributed by atoms with Gasteiger partial charge in [-0.05, 0) is 44.7 Å². The molecule has 0 saturated carbocycles. The van der Waals surface area contributed by atoms with Crippen LogP contribution in [0.5, 0.6) is 0 Å². The first-order chi connectivity index (χ1) is 12.1. The number of hydrogen-bond donors (Lipinski definition) is 1. The van der Waals surface area contributed by atoms with Crippen LogP contribution in [-0.2, 0) is 19.1 Å². The van der Waals surface area contributed by atoms with Crippen molar-refractivity contribution in [2.45, 2.75) is 38.7 Å². The molecule has 0 radical (unpaired) electrons. The Labute approximate surface area is 151 Å². The monoisotopic (exact) mass is 355 g/mol. The summed E-state index contributed by atoms with van der Waals surface area (Å²) in [4.78, 5) is 28.0. The third-order valence-corrected chi connectivity index (χ3v) is 5.09. The van der Waals surface area contributed by atoms with Gasteiger partial charge in [0.2, 0.25) is 11.8 Å². The molecule has 7 heteroatoms. The van der Waals surface area contributed by atoms with Crippen molar-refractivity contribution in [1.29, 1.82) is 0 Å². The second-order valence-electron chi connectivity index (χ2n) is 7.12. The molecular formula is C18H33N3O4. The quantitative estimate of drug-likeness (QED) is 0.652. The van der Waals surface area contributed by atoms with Crippen LogP contribution in [0.2, 0.25) is 0 Å². The van der Waals surface area contributed by atoms with Crippen LogP contribution in [0.15, 0.2) is 0 Å². The summed E-state index contributed by atoms with van der Waals surface area (Å²) < 4.78 is 10.9. The molecule has 1 N–H and O–H groups in total. The fourth-order valence-corrected chi connectivity index (χ4v) is 3.55. The van der Waals surface area contributed by atoms with Gasteiger partial charge in [-0.25, -0.2) is 0 Å². The van der Waals surface area contributed by atoms with Crippen molar-refractivity contribution in [3.8, 4) is 0 Å². The molecule has 0 unspecified atom stereocenters. The third-order valence-electron chi connectivity index (χ3n) is 5.09. The van der Waals surface area contributed by atoms with Crippen LogP contribution in [0.25, 0.3) is 0 Å². The van der Waals surface area contributed by atoms with Gasteiger partial charge in [-0.2, -0.15) is 0 Å². The molecule has 2 aliphatic heterocycles. The van der Waals surface area contributed by atoms with Crippen LogP contribution in [-0.4, -0.2) is 87.3 Å². The van der Waals surface area contributed by atoms with E-state index in [-0.39, 0.29) is 24.5 Å². The molecule has 7 nitrogen and oxygen atoms in total. The van der Waals surface area contributed by atoms with Crippen molar-refractivity contribution < 1.29 is 19.1 Å². The van der Waals surface area contributed by atoms with E-state index in [1.807, 2.05) is 4.90 Å². The molecule has 0 aromatic carbocycles. The van der Waals surface area contributed by atoms with Gasteiger partial charge in [0.05, 0.1) is 19.3 Å². The lowest BCUT2D eigenvalue weighted by molar-refractivity contribution is -0.134. The number of amides is 2. The minimum absolute atomic E-state index is 0.00693. The largest absolute Gasteiger partial charge is 0.383 e. The summed E-state index contributed by atoms with van der Waals surface area (Å²) in [5, 5.41) is 2.63. The van der Waals surface area contributed by atoms with Gasteiger partial charge < -0.3 is 24.6 Å². The number of rotatable bonds is 9. The van der Waals surface area contributed by atoms with Crippen molar-refractivity contribution in [3.63, 3.8) is 0 Å². The van der Waals surface area contributed by atoms with Crippen molar-refractivity contribution >= 4 is 11.8 Å². The second kappa shape index (κ2) is 10.7. The normalized spacial score (nSPS) is 22.1. The Morgan fingerprint density at radius 1 is 1.24 bits per heavy atom. The van der Waals surface area contributed by atoms with Gasteiger partial charge in [0.1, 0.15) is 0 Å². The van der Waals surface area contributed by atoms with Crippen molar-refractivity contribution in [1.82, 2.24) is 15.1 Å². The minimum Gasteiger partial charge on any atom is -0.383 e. The average Bonchev–Trinajstić information content (AvgIpc) is 3.11. The standard InChI is InChI=1S/C18H33N3O4/c1-15(22)19-12-18(23)21(14-17-4-3-10-25-17)13-16-5-7-20(8-6-16)9-11-24-2/h16-17H,3-14H2,1-2H3,(H,19,22)/t17-/m0/s1. The van der Waals surface area contributed by atoms with Crippen LogP contribution >= 0.6 is 0 Å². The number of nitrogens with one attached hydrogen (secondary N) is 1. The highest BCUT2D eigenvalue weighted by Crippen LogP contribution is 2.20. The first-order valence-electron chi connectivity index (χ1n) is 9.43. The van der Waals surface area contributed by atoms with E-state index in [4.69, 9.17) is 9.47 Å². The number of carbonyl (C=O) groups is 2. The second-order valence-corrected chi connectivity index (χ2v) is 7.12. The van der Waals surface area contributed by atoms with E-state index in [0.29, 0.717) is 12.5 Å². The van der Waals surface area contributed by atoms with Gasteiger partial charge in [-0.15, -0.1) is 0 Å². The fourth-order valence-electron chi connectivity index (χ4n) is 3.55. The van der Waals surface area contributed by atoms with Crippen LogP contribution in [0.3, 0.4) is 0 Å². The third kappa shape index (κ3) is 7.30. The topological polar surface area (TPSA) is 71.1 Å². The molecule has 0 aromatic heterocycles. The predicted octanol–water partition coefficient (Wildman–Crippen LogP) is 0.489. The van der Waals surface area contributed by atoms with Gasteiger partial charge in [-0.3, -0.25) is 9.59 Å². The molecular weight excluding hydrogens is 322 g/mol. The molecule has 0 bridgehead atoms. The molecule has 0 aromatic rings. The predicted molar refractivity (Wildman–Crippen MR) is 95.3 cm³/mol. The lowest BCUT2D eigenvalue weighted by Crippen LogP contribution is -2.47. The van der Waals surface area contributed by atoms with Crippen molar-refractivity contribution in [2.24, 2.45) is 5.92 Å². The average molecular weight is 355 g/mol. The van der Waals surface area contributed by atoms with Crippen LogP contribution in [0.4, 0.5) is 0 Å². The van der Waals surface area contributed by atoms with Crippen LogP contribution < -0.4 is 5.32 Å². The molecule has 25 heavy (non-hydrogen) atoms. The highest BCUT2D eigenvalue weighted by atomic mass is 16.5. The Morgan fingerprint density at radius 3 is 2.60 bits per heavy atom. The van der Waals surface area contributed by atoms with Gasteiger partial charge in [0, 0.05) is 40.3 Å². The molecule has 2 fully saturated rings. The smallest absolute Gasteiger partial charge is 0.242 e. The molecule has 2 rings (SSSR count). The van der Waals surface area contributed by atoms with Crippen LogP contribution in [0.1, 0.15) is 32.6 Å². The molecule has 2 heterocycles. The molecule has 2 amide bonds. The zero-order valence-corrected chi connectivity index (χ0v) is 15.7.